The summed E-state index contributed by atoms with van der Waals surface area (Å²) in [5.74, 6) is 0.162. The quantitative estimate of drug-likeness (QED) is 0.570. The molecule has 8 heteroatoms. The van der Waals surface area contributed by atoms with Crippen molar-refractivity contribution >= 4 is 23.4 Å². The van der Waals surface area contributed by atoms with E-state index in [-0.39, 0.29) is 12.2 Å². The highest BCUT2D eigenvalue weighted by molar-refractivity contribution is 7.07. The van der Waals surface area contributed by atoms with Gasteiger partial charge < -0.3 is 14.2 Å². The fourth-order valence-electron chi connectivity index (χ4n) is 4.39. The zero-order valence-corrected chi connectivity index (χ0v) is 18.7. The number of hydrogen-bond donors (Lipinski definition) is 0. The highest BCUT2D eigenvalue weighted by Gasteiger charge is 2.55. The monoisotopic (exact) mass is 450 g/mol. The lowest BCUT2D eigenvalue weighted by molar-refractivity contribution is -0.160. The Kier molecular flexibility index (Phi) is 4.89. The molecule has 2 aromatic carbocycles. The van der Waals surface area contributed by atoms with Gasteiger partial charge in [-0.25, -0.2) is 4.99 Å². The molecule has 2 aliphatic heterocycles. The molecule has 2 bridgehead atoms. The standard InChI is InChI=1S/C24H22N2O5S/c1-4-30-22(28)19-20-16-7-5-6-8-17(16)31-24(19,2)25-23-26(20)21(27)18(32-23)13-14-9-11-15(29-3)12-10-14/h5-13,19-20H,4H2,1-3H3/b18-13+/t19-,20-,24+/m1/s1. The Bertz CT molecular complexity index is 1370. The van der Waals surface area contributed by atoms with Gasteiger partial charge in [0, 0.05) is 5.56 Å². The molecule has 7 nitrogen and oxygen atoms in total. The molecular formula is C24H22N2O5S. The van der Waals surface area contributed by atoms with Crippen molar-refractivity contribution in [1.82, 2.24) is 4.57 Å². The van der Waals surface area contributed by atoms with E-state index in [2.05, 4.69) is 0 Å². The normalized spacial score (nSPS) is 23.4. The third-order valence-electron chi connectivity index (χ3n) is 5.83. The van der Waals surface area contributed by atoms with Crippen molar-refractivity contribution in [3.63, 3.8) is 0 Å². The van der Waals surface area contributed by atoms with Crippen LogP contribution < -0.4 is 24.4 Å². The minimum Gasteiger partial charge on any atom is -0.497 e. The molecule has 0 unspecified atom stereocenters. The third-order valence-corrected chi connectivity index (χ3v) is 6.82. The number of aromatic nitrogens is 1. The van der Waals surface area contributed by atoms with Crippen molar-refractivity contribution in [2.75, 3.05) is 13.7 Å². The minimum atomic E-state index is -1.17. The molecule has 0 amide bonds. The maximum absolute atomic E-state index is 13.5. The summed E-state index contributed by atoms with van der Waals surface area (Å²) < 4.78 is 18.9. The van der Waals surface area contributed by atoms with E-state index in [0.29, 0.717) is 15.1 Å². The van der Waals surface area contributed by atoms with Crippen LogP contribution in [-0.4, -0.2) is 30.0 Å². The van der Waals surface area contributed by atoms with Crippen LogP contribution in [0.25, 0.3) is 6.08 Å². The lowest BCUT2D eigenvalue weighted by Crippen LogP contribution is -2.58. The van der Waals surface area contributed by atoms with Crippen LogP contribution in [0.5, 0.6) is 11.5 Å². The van der Waals surface area contributed by atoms with E-state index in [1.165, 1.54) is 11.3 Å². The second-order valence-corrected chi connectivity index (χ2v) is 8.83. The zero-order chi connectivity index (χ0) is 22.5. The molecule has 32 heavy (non-hydrogen) atoms. The number of esters is 1. The van der Waals surface area contributed by atoms with Gasteiger partial charge in [0.15, 0.2) is 4.80 Å². The average molecular weight is 451 g/mol. The summed E-state index contributed by atoms with van der Waals surface area (Å²) in [7, 11) is 1.61. The van der Waals surface area contributed by atoms with E-state index in [9.17, 15) is 9.59 Å². The van der Waals surface area contributed by atoms with Gasteiger partial charge in [-0.05, 0) is 43.7 Å². The highest BCUT2D eigenvalue weighted by atomic mass is 32.1. The highest BCUT2D eigenvalue weighted by Crippen LogP contribution is 2.47. The van der Waals surface area contributed by atoms with Gasteiger partial charge in [0.05, 0.1) is 24.3 Å². The zero-order valence-electron chi connectivity index (χ0n) is 17.9. The number of thiazole rings is 1. The molecule has 0 aliphatic carbocycles. The molecule has 2 aliphatic rings. The Labute approximate surface area is 188 Å². The van der Waals surface area contributed by atoms with Crippen molar-refractivity contribution in [3.05, 3.63) is 79.3 Å². The molecule has 0 radical (unpaired) electrons. The summed E-state index contributed by atoms with van der Waals surface area (Å²) in [6, 6.07) is 14.4. The van der Waals surface area contributed by atoms with E-state index >= 15 is 0 Å². The second kappa shape index (κ2) is 7.63. The van der Waals surface area contributed by atoms with Gasteiger partial charge in [-0.15, -0.1) is 0 Å². The van der Waals surface area contributed by atoms with E-state index < -0.39 is 23.7 Å². The summed E-state index contributed by atoms with van der Waals surface area (Å²) in [6.45, 7) is 3.77. The first-order valence-electron chi connectivity index (χ1n) is 10.4. The first-order valence-corrected chi connectivity index (χ1v) is 11.2. The summed E-state index contributed by atoms with van der Waals surface area (Å²) in [6.07, 6.45) is 1.83. The lowest BCUT2D eigenvalue weighted by atomic mass is 9.81. The van der Waals surface area contributed by atoms with Crippen molar-refractivity contribution < 1.29 is 19.0 Å². The Hall–Kier alpha value is -3.39. The van der Waals surface area contributed by atoms with Gasteiger partial charge in [0.25, 0.3) is 5.56 Å². The van der Waals surface area contributed by atoms with Crippen LogP contribution >= 0.6 is 11.3 Å². The van der Waals surface area contributed by atoms with Gasteiger partial charge in [0.1, 0.15) is 17.4 Å². The van der Waals surface area contributed by atoms with E-state index in [1.807, 2.05) is 54.6 Å². The van der Waals surface area contributed by atoms with Crippen LogP contribution in [0.15, 0.2) is 58.3 Å². The van der Waals surface area contributed by atoms with Crippen molar-refractivity contribution in [3.8, 4) is 11.5 Å². The van der Waals surface area contributed by atoms with Gasteiger partial charge in [0.2, 0.25) is 5.72 Å². The van der Waals surface area contributed by atoms with Crippen LogP contribution in [0.1, 0.15) is 31.0 Å². The number of methoxy groups -OCH3 is 1. The van der Waals surface area contributed by atoms with Crippen LogP contribution in [0.2, 0.25) is 0 Å². The Morgan fingerprint density at radius 3 is 2.72 bits per heavy atom. The Morgan fingerprint density at radius 2 is 2.00 bits per heavy atom. The minimum absolute atomic E-state index is 0.192. The van der Waals surface area contributed by atoms with Gasteiger partial charge in [-0.1, -0.05) is 41.7 Å². The van der Waals surface area contributed by atoms with E-state index in [1.54, 1.807) is 25.5 Å². The molecule has 0 saturated heterocycles. The van der Waals surface area contributed by atoms with Crippen molar-refractivity contribution in [2.24, 2.45) is 10.9 Å². The molecule has 3 atom stereocenters. The van der Waals surface area contributed by atoms with Gasteiger partial charge in [-0.3, -0.25) is 14.2 Å². The molecule has 3 aromatic rings. The van der Waals surface area contributed by atoms with Gasteiger partial charge >= 0.3 is 5.97 Å². The smallest absolute Gasteiger partial charge is 0.317 e. The molecular weight excluding hydrogens is 428 g/mol. The lowest BCUT2D eigenvalue weighted by Gasteiger charge is -2.44. The maximum atomic E-state index is 13.5. The number of benzene rings is 2. The van der Waals surface area contributed by atoms with Crippen LogP contribution in [0.4, 0.5) is 0 Å². The number of rotatable bonds is 4. The predicted molar refractivity (Wildman–Crippen MR) is 120 cm³/mol. The molecule has 0 fully saturated rings. The largest absolute Gasteiger partial charge is 0.497 e. The fraction of sp³-hybridized carbons (Fsp3) is 0.292. The number of hydrogen-bond acceptors (Lipinski definition) is 7. The molecule has 1 aromatic heterocycles. The predicted octanol–water partition coefficient (Wildman–Crippen LogP) is 2.26. The summed E-state index contributed by atoms with van der Waals surface area (Å²) >= 11 is 1.29. The fourth-order valence-corrected chi connectivity index (χ4v) is 5.49. The van der Waals surface area contributed by atoms with Gasteiger partial charge in [-0.2, -0.15) is 0 Å². The first kappa shape index (κ1) is 20.5. The number of nitrogens with zero attached hydrogens (tertiary/aromatic N) is 2. The van der Waals surface area contributed by atoms with Crippen molar-refractivity contribution in [1.29, 1.82) is 0 Å². The molecule has 0 N–H and O–H groups in total. The molecule has 5 rings (SSSR count). The van der Waals surface area contributed by atoms with E-state index in [0.717, 1.165) is 16.9 Å². The summed E-state index contributed by atoms with van der Waals surface area (Å²) in [5, 5.41) is 0. The van der Waals surface area contributed by atoms with Crippen LogP contribution in [0.3, 0.4) is 0 Å². The SMILES string of the molecule is CCOC(=O)[C@H]1[C@H]2c3ccccc3O[C@]1(C)N=c1s/c(=C/c3ccc(OC)cc3)c(=O)n12. The molecule has 0 saturated carbocycles. The number of para-hydroxylation sites is 1. The first-order chi connectivity index (χ1) is 15.4. The number of carbonyl (C=O) groups excluding carboxylic acids is 1. The molecule has 164 valence electrons. The van der Waals surface area contributed by atoms with Crippen molar-refractivity contribution in [2.45, 2.75) is 25.6 Å². The summed E-state index contributed by atoms with van der Waals surface area (Å²) in [4.78, 5) is 31.8. The topological polar surface area (TPSA) is 79.1 Å². The van der Waals surface area contributed by atoms with Crippen LogP contribution in [-0.2, 0) is 9.53 Å². The number of ether oxygens (including phenoxy) is 3. The maximum Gasteiger partial charge on any atom is 0.317 e. The Balaban J connectivity index is 1.73. The van der Waals surface area contributed by atoms with Crippen LogP contribution in [0, 0.1) is 5.92 Å². The third kappa shape index (κ3) is 3.14. The second-order valence-electron chi connectivity index (χ2n) is 7.82. The Morgan fingerprint density at radius 1 is 1.25 bits per heavy atom. The molecule has 3 heterocycles. The van der Waals surface area contributed by atoms with E-state index in [4.69, 9.17) is 19.2 Å². The molecule has 0 spiro atoms. The summed E-state index contributed by atoms with van der Waals surface area (Å²) in [5.41, 5.74) is 0.285. The number of fused-ring (bicyclic) bond motifs is 6. The average Bonchev–Trinajstić information content (AvgIpc) is 3.07. The number of carbonyl (C=O) groups is 1.